The van der Waals surface area contributed by atoms with Crippen molar-refractivity contribution < 1.29 is 29.7 Å². The monoisotopic (exact) mass is 441 g/mol. The SMILES string of the molecule is O=C(O)c1ccncc1-c1cc(-c2cnccc2C(=O)O)cc(-c2cnccc2C(=O)O)c1. The van der Waals surface area contributed by atoms with E-state index in [1.807, 2.05) is 0 Å². The van der Waals surface area contributed by atoms with Gasteiger partial charge in [-0.2, -0.15) is 0 Å². The van der Waals surface area contributed by atoms with Gasteiger partial charge < -0.3 is 15.3 Å². The van der Waals surface area contributed by atoms with E-state index in [4.69, 9.17) is 0 Å². The number of aromatic carboxylic acids is 3. The van der Waals surface area contributed by atoms with E-state index in [1.54, 1.807) is 18.2 Å². The highest BCUT2D eigenvalue weighted by atomic mass is 16.4. The number of rotatable bonds is 6. The highest BCUT2D eigenvalue weighted by Gasteiger charge is 2.19. The molecule has 0 aliphatic carbocycles. The normalized spacial score (nSPS) is 10.5. The van der Waals surface area contributed by atoms with E-state index >= 15 is 0 Å². The lowest BCUT2D eigenvalue weighted by Gasteiger charge is -2.14. The zero-order chi connectivity index (χ0) is 23.5. The van der Waals surface area contributed by atoms with Crippen molar-refractivity contribution >= 4 is 17.9 Å². The Morgan fingerprint density at radius 3 is 1.03 bits per heavy atom. The molecule has 1 aromatic carbocycles. The maximum absolute atomic E-state index is 11.8. The molecule has 3 N–H and O–H groups in total. The number of aromatic nitrogens is 3. The molecule has 4 rings (SSSR count). The van der Waals surface area contributed by atoms with Crippen molar-refractivity contribution in [3.8, 4) is 33.4 Å². The number of carbonyl (C=O) groups is 3. The minimum atomic E-state index is -1.17. The summed E-state index contributed by atoms with van der Waals surface area (Å²) >= 11 is 0. The molecule has 0 amide bonds. The molecule has 4 aromatic rings. The van der Waals surface area contributed by atoms with E-state index in [2.05, 4.69) is 15.0 Å². The molecule has 162 valence electrons. The van der Waals surface area contributed by atoms with Gasteiger partial charge in [0.15, 0.2) is 0 Å². The first-order chi connectivity index (χ1) is 15.9. The Kier molecular flexibility index (Phi) is 5.60. The number of hydrogen-bond donors (Lipinski definition) is 3. The molecule has 9 nitrogen and oxygen atoms in total. The maximum Gasteiger partial charge on any atom is 0.336 e. The lowest BCUT2D eigenvalue weighted by molar-refractivity contribution is 0.0687. The Morgan fingerprint density at radius 1 is 0.515 bits per heavy atom. The third kappa shape index (κ3) is 4.15. The first-order valence-corrected chi connectivity index (χ1v) is 9.55. The molecular formula is C24H15N3O6. The Labute approximate surface area is 186 Å². The number of pyridine rings is 3. The highest BCUT2D eigenvalue weighted by molar-refractivity contribution is 6.01. The summed E-state index contributed by atoms with van der Waals surface area (Å²) in [6.07, 6.45) is 8.21. The van der Waals surface area contributed by atoms with Gasteiger partial charge in [-0.1, -0.05) is 0 Å². The van der Waals surface area contributed by atoms with E-state index in [0.29, 0.717) is 16.7 Å². The van der Waals surface area contributed by atoms with Gasteiger partial charge in [-0.15, -0.1) is 0 Å². The molecule has 3 aromatic heterocycles. The van der Waals surface area contributed by atoms with Crippen LogP contribution >= 0.6 is 0 Å². The van der Waals surface area contributed by atoms with Crippen molar-refractivity contribution in [2.75, 3.05) is 0 Å². The van der Waals surface area contributed by atoms with Gasteiger partial charge >= 0.3 is 17.9 Å². The average Bonchev–Trinajstić information content (AvgIpc) is 2.83. The first-order valence-electron chi connectivity index (χ1n) is 9.55. The highest BCUT2D eigenvalue weighted by Crippen LogP contribution is 2.35. The molecule has 0 spiro atoms. The van der Waals surface area contributed by atoms with Crippen LogP contribution in [0.25, 0.3) is 33.4 Å². The molecule has 0 aliphatic rings. The average molecular weight is 441 g/mol. The second-order valence-corrected chi connectivity index (χ2v) is 6.98. The van der Waals surface area contributed by atoms with Gasteiger partial charge in [-0.25, -0.2) is 14.4 Å². The van der Waals surface area contributed by atoms with Gasteiger partial charge in [0.05, 0.1) is 16.7 Å². The topological polar surface area (TPSA) is 151 Å². The van der Waals surface area contributed by atoms with Gasteiger partial charge in [0.1, 0.15) is 0 Å². The van der Waals surface area contributed by atoms with Gasteiger partial charge in [0.2, 0.25) is 0 Å². The lowest BCUT2D eigenvalue weighted by Crippen LogP contribution is -2.03. The van der Waals surface area contributed by atoms with Crippen molar-refractivity contribution in [2.24, 2.45) is 0 Å². The van der Waals surface area contributed by atoms with Crippen LogP contribution < -0.4 is 0 Å². The molecule has 33 heavy (non-hydrogen) atoms. The Balaban J connectivity index is 2.06. The van der Waals surface area contributed by atoms with E-state index in [9.17, 15) is 29.7 Å². The zero-order valence-electron chi connectivity index (χ0n) is 16.8. The molecule has 0 bridgehead atoms. The number of hydrogen-bond acceptors (Lipinski definition) is 6. The number of carboxylic acid groups (broad SMARTS) is 3. The van der Waals surface area contributed by atoms with Crippen molar-refractivity contribution in [1.82, 2.24) is 15.0 Å². The summed E-state index contributed by atoms with van der Waals surface area (Å²) in [5.41, 5.74) is 2.06. The molecule has 0 unspecified atom stereocenters. The van der Waals surface area contributed by atoms with Gasteiger partial charge in [-0.3, -0.25) is 15.0 Å². The van der Waals surface area contributed by atoms with Crippen molar-refractivity contribution in [3.05, 3.63) is 90.3 Å². The fraction of sp³-hybridized carbons (Fsp3) is 0. The fourth-order valence-electron chi connectivity index (χ4n) is 3.53. The van der Waals surface area contributed by atoms with E-state index < -0.39 is 17.9 Å². The van der Waals surface area contributed by atoms with Crippen LogP contribution in [0.2, 0.25) is 0 Å². The third-order valence-electron chi connectivity index (χ3n) is 5.02. The molecular weight excluding hydrogens is 426 g/mol. The van der Waals surface area contributed by atoms with Crippen LogP contribution in [0.3, 0.4) is 0 Å². The molecule has 0 saturated heterocycles. The van der Waals surface area contributed by atoms with E-state index in [1.165, 1.54) is 55.4 Å². The minimum Gasteiger partial charge on any atom is -0.478 e. The van der Waals surface area contributed by atoms with Gasteiger partial charge in [-0.05, 0) is 53.1 Å². The molecule has 0 fully saturated rings. The van der Waals surface area contributed by atoms with Crippen LogP contribution in [0.1, 0.15) is 31.1 Å². The summed E-state index contributed by atoms with van der Waals surface area (Å²) < 4.78 is 0. The summed E-state index contributed by atoms with van der Waals surface area (Å²) in [6.45, 7) is 0. The van der Waals surface area contributed by atoms with Crippen LogP contribution in [0.4, 0.5) is 0 Å². The second kappa shape index (κ2) is 8.67. The van der Waals surface area contributed by atoms with Crippen molar-refractivity contribution in [3.63, 3.8) is 0 Å². The van der Waals surface area contributed by atoms with Crippen LogP contribution in [-0.4, -0.2) is 48.2 Å². The van der Waals surface area contributed by atoms with Crippen LogP contribution in [0, 0.1) is 0 Å². The molecule has 0 radical (unpaired) electrons. The summed E-state index contributed by atoms with van der Waals surface area (Å²) in [4.78, 5) is 47.4. The largest absolute Gasteiger partial charge is 0.478 e. The summed E-state index contributed by atoms with van der Waals surface area (Å²) in [5, 5.41) is 28.9. The van der Waals surface area contributed by atoms with Gasteiger partial charge in [0.25, 0.3) is 0 Å². The predicted octanol–water partition coefficient (Wildman–Crippen LogP) is 3.97. The summed E-state index contributed by atoms with van der Waals surface area (Å²) in [6, 6.07) is 8.91. The number of carboxylic acids is 3. The van der Waals surface area contributed by atoms with E-state index in [-0.39, 0.29) is 33.4 Å². The van der Waals surface area contributed by atoms with Crippen molar-refractivity contribution in [2.45, 2.75) is 0 Å². The number of nitrogens with zero attached hydrogens (tertiary/aromatic N) is 3. The zero-order valence-corrected chi connectivity index (χ0v) is 16.8. The van der Waals surface area contributed by atoms with E-state index in [0.717, 1.165) is 0 Å². The van der Waals surface area contributed by atoms with Crippen molar-refractivity contribution in [1.29, 1.82) is 0 Å². The molecule has 9 heteroatoms. The quantitative estimate of drug-likeness (QED) is 0.404. The molecule has 0 aliphatic heterocycles. The molecule has 0 saturated carbocycles. The smallest absolute Gasteiger partial charge is 0.336 e. The fourth-order valence-corrected chi connectivity index (χ4v) is 3.53. The van der Waals surface area contributed by atoms with Crippen LogP contribution in [0.5, 0.6) is 0 Å². The maximum atomic E-state index is 11.8. The Morgan fingerprint density at radius 2 is 0.788 bits per heavy atom. The summed E-state index contributed by atoms with van der Waals surface area (Å²) in [7, 11) is 0. The third-order valence-corrected chi connectivity index (χ3v) is 5.02. The van der Waals surface area contributed by atoms with Gasteiger partial charge in [0, 0.05) is 53.9 Å². The number of benzene rings is 1. The predicted molar refractivity (Wildman–Crippen MR) is 117 cm³/mol. The van der Waals surface area contributed by atoms with Crippen LogP contribution in [-0.2, 0) is 0 Å². The van der Waals surface area contributed by atoms with Crippen LogP contribution in [0.15, 0.2) is 73.6 Å². The standard InChI is InChI=1S/C24H15N3O6/c28-22(29)16-1-4-25-10-19(16)13-7-14(20-11-26-5-2-17(20)23(30)31)9-15(8-13)21-12-27-6-3-18(21)24(32)33/h1-12H,(H,28,29)(H,30,31)(H,32,33). The minimum absolute atomic E-state index is 0.0117. The Hall–Kier alpha value is -4.92. The second-order valence-electron chi connectivity index (χ2n) is 6.98. The first kappa shape index (κ1) is 21.3. The molecule has 3 heterocycles. The summed E-state index contributed by atoms with van der Waals surface area (Å²) in [5.74, 6) is -3.50. The molecule has 0 atom stereocenters. The Bertz CT molecular complexity index is 1230. The lowest BCUT2D eigenvalue weighted by atomic mass is 9.90.